The molecule has 0 aromatic rings. The molecule has 72 valence electrons. The van der Waals surface area contributed by atoms with Crippen molar-refractivity contribution in [2.45, 2.75) is 13.8 Å². The predicted octanol–water partition coefficient (Wildman–Crippen LogP) is -1.70. The zero-order valence-electron chi connectivity index (χ0n) is 7.58. The fourth-order valence-electron chi connectivity index (χ4n) is 0.386. The minimum absolute atomic E-state index is 0. The van der Waals surface area contributed by atoms with Crippen molar-refractivity contribution >= 4 is 35.2 Å². The first-order valence-electron chi connectivity index (χ1n) is 3.26. The fraction of sp³-hybridized carbons (Fsp3) is 0.667. The number of rotatable bonds is 2. The van der Waals surface area contributed by atoms with Crippen LogP contribution in [0.3, 0.4) is 0 Å². The third kappa shape index (κ3) is 11.8. The summed E-state index contributed by atoms with van der Waals surface area (Å²) in [6.45, 7) is 3.64. The van der Waals surface area contributed by atoms with E-state index in [0.717, 1.165) is 0 Å². The van der Waals surface area contributed by atoms with E-state index < -0.39 is 12.2 Å². The van der Waals surface area contributed by atoms with E-state index in [1.54, 1.807) is 13.8 Å². The largest absolute Gasteiger partial charge is 2.00 e. The van der Waals surface area contributed by atoms with E-state index in [9.17, 15) is 9.59 Å². The topological polar surface area (TPSA) is 66.7 Å². The predicted molar refractivity (Wildman–Crippen MR) is 43.2 cm³/mol. The molecule has 0 aromatic carbocycles. The maximum atomic E-state index is 10.4. The van der Waals surface area contributed by atoms with E-state index in [0.29, 0.717) is 0 Å². The molecule has 0 spiro atoms. The van der Waals surface area contributed by atoms with Gasteiger partial charge < -0.3 is 27.2 Å². The Morgan fingerprint density at radius 2 is 1.38 bits per heavy atom. The summed E-state index contributed by atoms with van der Waals surface area (Å²) in [6.07, 6.45) is -1.82. The van der Waals surface area contributed by atoms with Crippen LogP contribution in [-0.2, 0) is 9.47 Å². The second-order valence-electron chi connectivity index (χ2n) is 1.51. The van der Waals surface area contributed by atoms with E-state index in [1.807, 2.05) is 0 Å². The third-order valence-corrected chi connectivity index (χ3v) is 0.718. The molecule has 5 nitrogen and oxygen atoms in total. The number of carbonyl (C=O) groups excluding carboxylic acids is 2. The van der Waals surface area contributed by atoms with Gasteiger partial charge in [0.2, 0.25) is 12.2 Å². The molecule has 0 heterocycles. The summed E-state index contributed by atoms with van der Waals surface area (Å²) in [5.74, 6) is 0. The molecule has 0 aromatic heterocycles. The van der Waals surface area contributed by atoms with Crippen LogP contribution in [0.4, 0.5) is 9.59 Å². The Morgan fingerprint density at radius 3 is 1.62 bits per heavy atom. The number of ether oxygens (including phenoxy) is 2. The average molecular weight is 220 g/mol. The van der Waals surface area contributed by atoms with Crippen LogP contribution >= 0.6 is 0 Å². The van der Waals surface area contributed by atoms with Gasteiger partial charge in [-0.15, -0.1) is 0 Å². The maximum absolute atomic E-state index is 10.4. The molecular weight excluding hydrogens is 210 g/mol. The first kappa shape index (κ1) is 18.6. The van der Waals surface area contributed by atoms with E-state index in [2.05, 4.69) is 14.8 Å². The van der Waals surface area contributed by atoms with Crippen molar-refractivity contribution in [3.63, 3.8) is 0 Å². The summed E-state index contributed by atoms with van der Waals surface area (Å²) < 4.78 is 8.70. The molecule has 0 saturated heterocycles. The first-order chi connectivity index (χ1) is 5.20. The van der Waals surface area contributed by atoms with Gasteiger partial charge >= 0.3 is 23.1 Å². The Balaban J connectivity index is -0.000000500. The van der Waals surface area contributed by atoms with Crippen molar-refractivity contribution in [2.75, 3.05) is 13.2 Å². The van der Waals surface area contributed by atoms with Crippen LogP contribution in [0, 0.1) is 0 Å². The van der Waals surface area contributed by atoms with Gasteiger partial charge in [-0.05, 0) is 13.8 Å². The summed E-state index contributed by atoms with van der Waals surface area (Å²) in [7, 11) is 0. The molecule has 2 amide bonds. The van der Waals surface area contributed by atoms with E-state index >= 15 is 0 Å². The van der Waals surface area contributed by atoms with Crippen LogP contribution in [0.25, 0.3) is 5.32 Å². The molecule has 0 aliphatic carbocycles. The molecule has 0 atom stereocenters. The second-order valence-corrected chi connectivity index (χ2v) is 1.51. The van der Waals surface area contributed by atoms with Crippen LogP contribution in [0.1, 0.15) is 13.8 Å². The molecule has 0 unspecified atom stereocenters. The van der Waals surface area contributed by atoms with Crippen LogP contribution < -0.4 is 12.4 Å². The first-order valence-corrected chi connectivity index (χ1v) is 3.26. The van der Waals surface area contributed by atoms with Gasteiger partial charge in [0, 0.05) is 0 Å². The Kier molecular flexibility index (Phi) is 16.8. The van der Waals surface area contributed by atoms with Gasteiger partial charge in [0.05, 0.1) is 13.2 Å². The molecular formula is C6H10ClMgNO4. The number of hydrogen-bond donors (Lipinski definition) is 0. The van der Waals surface area contributed by atoms with Crippen molar-refractivity contribution < 1.29 is 31.5 Å². The molecule has 13 heavy (non-hydrogen) atoms. The zero-order chi connectivity index (χ0) is 8.69. The molecule has 0 N–H and O–H groups in total. The normalized spacial score (nSPS) is 7.23. The number of carbonyl (C=O) groups is 2. The summed E-state index contributed by atoms with van der Waals surface area (Å²) in [5, 5.41) is 2.93. The minimum atomic E-state index is -0.911. The van der Waals surface area contributed by atoms with Crippen molar-refractivity contribution in [2.24, 2.45) is 0 Å². The fourth-order valence-corrected chi connectivity index (χ4v) is 0.386. The molecule has 0 radical (unpaired) electrons. The average Bonchev–Trinajstić information content (AvgIpc) is 1.87. The smallest absolute Gasteiger partial charge is 1.00 e. The van der Waals surface area contributed by atoms with Crippen LogP contribution in [-0.4, -0.2) is 48.5 Å². The van der Waals surface area contributed by atoms with Gasteiger partial charge in [0.1, 0.15) is 0 Å². The monoisotopic (exact) mass is 219 g/mol. The van der Waals surface area contributed by atoms with E-state index in [4.69, 9.17) is 0 Å². The summed E-state index contributed by atoms with van der Waals surface area (Å²) in [6, 6.07) is 0. The summed E-state index contributed by atoms with van der Waals surface area (Å²) in [4.78, 5) is 20.9. The number of imide groups is 1. The van der Waals surface area contributed by atoms with Crippen LogP contribution in [0.5, 0.6) is 0 Å². The van der Waals surface area contributed by atoms with E-state index in [-0.39, 0.29) is 48.7 Å². The summed E-state index contributed by atoms with van der Waals surface area (Å²) in [5.41, 5.74) is 0. The Bertz CT molecular complexity index is 140. The van der Waals surface area contributed by atoms with Gasteiger partial charge in [0.25, 0.3) is 0 Å². The Morgan fingerprint density at radius 1 is 1.08 bits per heavy atom. The third-order valence-electron chi connectivity index (χ3n) is 0.718. The van der Waals surface area contributed by atoms with Gasteiger partial charge in [-0.25, -0.2) is 0 Å². The van der Waals surface area contributed by atoms with Gasteiger partial charge in [-0.3, -0.25) is 9.59 Å². The molecule has 0 saturated carbocycles. The van der Waals surface area contributed by atoms with Crippen LogP contribution in [0.2, 0.25) is 0 Å². The van der Waals surface area contributed by atoms with Crippen molar-refractivity contribution in [1.29, 1.82) is 0 Å². The minimum Gasteiger partial charge on any atom is -1.00 e. The van der Waals surface area contributed by atoms with Gasteiger partial charge in [-0.1, -0.05) is 0 Å². The van der Waals surface area contributed by atoms with Gasteiger partial charge in [0.15, 0.2) is 0 Å². The Hall–Kier alpha value is -0.204. The molecule has 7 heteroatoms. The number of hydrogen-bond acceptors (Lipinski definition) is 4. The zero-order valence-corrected chi connectivity index (χ0v) is 9.75. The van der Waals surface area contributed by atoms with Gasteiger partial charge in [-0.2, -0.15) is 0 Å². The quantitative estimate of drug-likeness (QED) is 0.520. The SMILES string of the molecule is CCOC(=O)[N-]C(=O)OCC.[Cl-].[Mg+2]. The maximum Gasteiger partial charge on any atom is 2.00 e. The number of nitrogens with zero attached hydrogens (tertiary/aromatic N) is 1. The molecule has 0 rings (SSSR count). The van der Waals surface area contributed by atoms with E-state index in [1.165, 1.54) is 0 Å². The van der Waals surface area contributed by atoms with Crippen molar-refractivity contribution in [3.8, 4) is 0 Å². The molecule has 0 fully saturated rings. The number of amides is 2. The second kappa shape index (κ2) is 11.8. The Labute approximate surface area is 99.1 Å². The van der Waals surface area contributed by atoms with Crippen LogP contribution in [0.15, 0.2) is 0 Å². The standard InChI is InChI=1S/C6H11NO4.ClH.Mg/c1-3-10-5(8)7-6(9)11-4-2;;/h3-4H2,1-2H3,(H,7,8,9);1H;/q;;+2/p-2. The van der Waals surface area contributed by atoms with Crippen molar-refractivity contribution in [1.82, 2.24) is 0 Å². The molecule has 0 bridgehead atoms. The van der Waals surface area contributed by atoms with Crippen molar-refractivity contribution in [3.05, 3.63) is 5.32 Å². The number of halogens is 1. The molecule has 0 aliphatic heterocycles. The summed E-state index contributed by atoms with van der Waals surface area (Å²) >= 11 is 0. The molecule has 0 aliphatic rings.